The summed E-state index contributed by atoms with van der Waals surface area (Å²) in [6.07, 6.45) is 3.70. The fourth-order valence-electron chi connectivity index (χ4n) is 1.99. The molecule has 0 radical (unpaired) electrons. The molecule has 5 heteroatoms. The number of rotatable bonds is 2. The number of aromatic nitrogens is 2. The zero-order valence-electron chi connectivity index (χ0n) is 9.63. The smallest absolute Gasteiger partial charge is 0.147 e. The van der Waals surface area contributed by atoms with Gasteiger partial charge in [-0.2, -0.15) is 0 Å². The summed E-state index contributed by atoms with van der Waals surface area (Å²) < 4.78 is 5.66. The highest BCUT2D eigenvalue weighted by Gasteiger charge is 2.23. The van der Waals surface area contributed by atoms with E-state index < -0.39 is 0 Å². The van der Waals surface area contributed by atoms with Crippen LogP contribution in [0.4, 0.5) is 5.82 Å². The Kier molecular flexibility index (Phi) is 3.36. The van der Waals surface area contributed by atoms with Crippen molar-refractivity contribution in [1.29, 1.82) is 0 Å². The van der Waals surface area contributed by atoms with Crippen molar-refractivity contribution in [3.63, 3.8) is 0 Å². The topological polar surface area (TPSA) is 58.5 Å². The van der Waals surface area contributed by atoms with Gasteiger partial charge in [0.1, 0.15) is 5.82 Å². The van der Waals surface area contributed by atoms with Crippen LogP contribution in [0.25, 0.3) is 0 Å². The summed E-state index contributed by atoms with van der Waals surface area (Å²) in [4.78, 5) is 10.6. The molecule has 1 aromatic rings. The lowest BCUT2D eigenvalue weighted by Crippen LogP contribution is -2.45. The van der Waals surface area contributed by atoms with Crippen LogP contribution in [0, 0.1) is 0 Å². The van der Waals surface area contributed by atoms with Crippen molar-refractivity contribution in [2.24, 2.45) is 0 Å². The van der Waals surface area contributed by atoms with Gasteiger partial charge in [0.15, 0.2) is 0 Å². The quantitative estimate of drug-likeness (QED) is 0.795. The van der Waals surface area contributed by atoms with Gasteiger partial charge in [-0.05, 0) is 13.8 Å². The Labute approximate surface area is 95.1 Å². The molecule has 1 fully saturated rings. The maximum atomic E-state index is 9.02. The lowest BCUT2D eigenvalue weighted by atomic mass is 10.2. The second-order valence-electron chi connectivity index (χ2n) is 4.19. The predicted molar refractivity (Wildman–Crippen MR) is 60.2 cm³/mol. The van der Waals surface area contributed by atoms with E-state index in [1.807, 2.05) is 13.8 Å². The van der Waals surface area contributed by atoms with Crippen LogP contribution in [-0.2, 0) is 11.3 Å². The van der Waals surface area contributed by atoms with Gasteiger partial charge in [-0.25, -0.2) is 4.98 Å². The van der Waals surface area contributed by atoms with Crippen LogP contribution in [0.2, 0.25) is 0 Å². The number of hydrogen-bond donors (Lipinski definition) is 1. The van der Waals surface area contributed by atoms with Crippen molar-refractivity contribution >= 4 is 5.82 Å². The Bertz CT molecular complexity index is 349. The third kappa shape index (κ3) is 2.48. The Hall–Kier alpha value is -1.20. The fourth-order valence-corrected chi connectivity index (χ4v) is 1.99. The summed E-state index contributed by atoms with van der Waals surface area (Å²) in [5.41, 5.74) is 0.601. The molecule has 0 saturated carbocycles. The van der Waals surface area contributed by atoms with E-state index in [0.29, 0.717) is 5.69 Å². The average molecular weight is 223 g/mol. The number of morpholine rings is 1. The van der Waals surface area contributed by atoms with Crippen molar-refractivity contribution in [2.45, 2.75) is 32.7 Å². The molecular formula is C11H17N3O2. The van der Waals surface area contributed by atoms with Gasteiger partial charge in [0.25, 0.3) is 0 Å². The van der Waals surface area contributed by atoms with Gasteiger partial charge < -0.3 is 14.7 Å². The molecule has 0 aromatic carbocycles. The molecule has 2 atom stereocenters. The molecule has 1 N–H and O–H groups in total. The van der Waals surface area contributed by atoms with Crippen LogP contribution >= 0.6 is 0 Å². The molecule has 1 aliphatic rings. The van der Waals surface area contributed by atoms with E-state index in [-0.39, 0.29) is 18.8 Å². The molecule has 1 saturated heterocycles. The first-order chi connectivity index (χ1) is 7.69. The van der Waals surface area contributed by atoms with Gasteiger partial charge in [0.2, 0.25) is 0 Å². The maximum absolute atomic E-state index is 9.02. The zero-order chi connectivity index (χ0) is 11.5. The second-order valence-corrected chi connectivity index (χ2v) is 4.19. The number of aliphatic hydroxyl groups is 1. The van der Waals surface area contributed by atoms with Gasteiger partial charge in [0.05, 0.1) is 36.9 Å². The molecule has 2 heterocycles. The Morgan fingerprint density at radius 2 is 2.06 bits per heavy atom. The lowest BCUT2D eigenvalue weighted by molar-refractivity contribution is -0.00549. The van der Waals surface area contributed by atoms with Crippen molar-refractivity contribution in [1.82, 2.24) is 9.97 Å². The summed E-state index contributed by atoms with van der Waals surface area (Å²) in [7, 11) is 0. The minimum Gasteiger partial charge on any atom is -0.390 e. The maximum Gasteiger partial charge on any atom is 0.147 e. The van der Waals surface area contributed by atoms with E-state index >= 15 is 0 Å². The molecular weight excluding hydrogens is 206 g/mol. The first kappa shape index (κ1) is 11.3. The highest BCUT2D eigenvalue weighted by molar-refractivity contribution is 5.37. The molecule has 2 rings (SSSR count). The highest BCUT2D eigenvalue weighted by atomic mass is 16.5. The van der Waals surface area contributed by atoms with E-state index in [0.717, 1.165) is 18.9 Å². The fraction of sp³-hybridized carbons (Fsp3) is 0.636. The van der Waals surface area contributed by atoms with Crippen molar-refractivity contribution < 1.29 is 9.84 Å². The average Bonchev–Trinajstić information content (AvgIpc) is 2.28. The van der Waals surface area contributed by atoms with Crippen molar-refractivity contribution in [3.05, 3.63) is 18.1 Å². The van der Waals surface area contributed by atoms with Crippen LogP contribution in [0.1, 0.15) is 19.5 Å². The molecule has 0 amide bonds. The minimum absolute atomic E-state index is 0.0731. The molecule has 5 nitrogen and oxygen atoms in total. The normalized spacial score (nSPS) is 25.8. The molecule has 0 aliphatic carbocycles. The van der Waals surface area contributed by atoms with Gasteiger partial charge in [-0.15, -0.1) is 0 Å². The van der Waals surface area contributed by atoms with Gasteiger partial charge >= 0.3 is 0 Å². The van der Waals surface area contributed by atoms with E-state index in [9.17, 15) is 0 Å². The van der Waals surface area contributed by atoms with Crippen LogP contribution < -0.4 is 4.90 Å². The number of ether oxygens (including phenoxy) is 1. The summed E-state index contributed by atoms with van der Waals surface area (Å²) in [6.45, 7) is 5.65. The van der Waals surface area contributed by atoms with Crippen LogP contribution in [-0.4, -0.2) is 40.4 Å². The Balaban J connectivity index is 2.16. The monoisotopic (exact) mass is 223 g/mol. The first-order valence-corrected chi connectivity index (χ1v) is 5.51. The molecule has 1 aromatic heterocycles. The number of aliphatic hydroxyl groups excluding tert-OH is 1. The van der Waals surface area contributed by atoms with Crippen molar-refractivity contribution in [2.75, 3.05) is 18.0 Å². The van der Waals surface area contributed by atoms with Crippen LogP contribution in [0.5, 0.6) is 0 Å². The van der Waals surface area contributed by atoms with Crippen LogP contribution in [0.3, 0.4) is 0 Å². The number of nitrogens with zero attached hydrogens (tertiary/aromatic N) is 3. The summed E-state index contributed by atoms with van der Waals surface area (Å²) in [5.74, 6) is 0.813. The third-order valence-corrected chi connectivity index (χ3v) is 2.58. The minimum atomic E-state index is -0.0731. The molecule has 1 aliphatic heterocycles. The Morgan fingerprint density at radius 1 is 1.38 bits per heavy atom. The van der Waals surface area contributed by atoms with E-state index in [2.05, 4.69) is 14.9 Å². The lowest BCUT2D eigenvalue weighted by Gasteiger charge is -2.35. The summed E-state index contributed by atoms with van der Waals surface area (Å²) in [6, 6.07) is 0. The molecule has 0 bridgehead atoms. The van der Waals surface area contributed by atoms with E-state index in [1.165, 1.54) is 0 Å². The molecule has 88 valence electrons. The predicted octanol–water partition coefficient (Wildman–Crippen LogP) is 0.583. The van der Waals surface area contributed by atoms with Crippen LogP contribution in [0.15, 0.2) is 12.4 Å². The molecule has 16 heavy (non-hydrogen) atoms. The number of hydrogen-bond acceptors (Lipinski definition) is 5. The second kappa shape index (κ2) is 4.76. The largest absolute Gasteiger partial charge is 0.390 e. The third-order valence-electron chi connectivity index (χ3n) is 2.58. The standard InChI is InChI=1S/C11H17N3O2/c1-8-5-14(6-9(2)16-8)11-4-12-3-10(7-15)13-11/h3-4,8-9,15H,5-7H2,1-2H3. The number of anilines is 1. The molecule has 2 unspecified atom stereocenters. The summed E-state index contributed by atoms with van der Waals surface area (Å²) in [5, 5.41) is 9.02. The highest BCUT2D eigenvalue weighted by Crippen LogP contribution is 2.17. The molecule has 0 spiro atoms. The van der Waals surface area contributed by atoms with Gasteiger partial charge in [-0.1, -0.05) is 0 Å². The van der Waals surface area contributed by atoms with Gasteiger partial charge in [0, 0.05) is 13.1 Å². The van der Waals surface area contributed by atoms with E-state index in [4.69, 9.17) is 9.84 Å². The SMILES string of the molecule is CC1CN(c2cncc(CO)n2)CC(C)O1. The summed E-state index contributed by atoms with van der Waals surface area (Å²) >= 11 is 0. The van der Waals surface area contributed by atoms with Crippen molar-refractivity contribution in [3.8, 4) is 0 Å². The Morgan fingerprint density at radius 3 is 2.69 bits per heavy atom. The van der Waals surface area contributed by atoms with E-state index in [1.54, 1.807) is 12.4 Å². The van der Waals surface area contributed by atoms with Gasteiger partial charge in [-0.3, -0.25) is 4.98 Å². The first-order valence-electron chi connectivity index (χ1n) is 5.51. The zero-order valence-corrected chi connectivity index (χ0v) is 9.63.